The Bertz CT molecular complexity index is 458. The van der Waals surface area contributed by atoms with Crippen molar-refractivity contribution in [1.82, 2.24) is 9.27 Å². The molecule has 1 unspecified atom stereocenters. The smallest absolute Gasteiger partial charge is 0.297 e. The fraction of sp³-hybridized carbons (Fsp3) is 0.727. The molecule has 0 bridgehead atoms. The molecular weight excluding hydrogens is 342 g/mol. The molecule has 1 atom stereocenters. The Morgan fingerprint density at radius 1 is 1.24 bits per heavy atom. The van der Waals surface area contributed by atoms with Gasteiger partial charge in [0, 0.05) is 13.1 Å². The summed E-state index contributed by atoms with van der Waals surface area (Å²) in [5.74, 6) is -1.41. The molecule has 0 saturated carbocycles. The molecule has 21 heavy (non-hydrogen) atoms. The van der Waals surface area contributed by atoms with Crippen LogP contribution in [-0.4, -0.2) is 28.5 Å². The van der Waals surface area contributed by atoms with Gasteiger partial charge in [0.2, 0.25) is 0 Å². The molecule has 0 amide bonds. The van der Waals surface area contributed by atoms with E-state index in [0.29, 0.717) is 24.5 Å². The molecule has 2 heterocycles. The molecule has 0 radical (unpaired) electrons. The summed E-state index contributed by atoms with van der Waals surface area (Å²) >= 11 is 0.328. The summed E-state index contributed by atoms with van der Waals surface area (Å²) in [4.78, 5) is 0.688. The van der Waals surface area contributed by atoms with Crippen LogP contribution in [0.3, 0.4) is 0 Å². The first kappa shape index (κ1) is 18.5. The van der Waals surface area contributed by atoms with Crippen LogP contribution in [0, 0.1) is 5.92 Å². The molecule has 2 nitrogen and oxygen atoms in total. The SMILES string of the molecule is Cl.FC(F)(F)c1cc(CN2CCCC(C(F)(F)F)C2)ns1. The van der Waals surface area contributed by atoms with E-state index in [1.807, 2.05) is 0 Å². The van der Waals surface area contributed by atoms with E-state index in [0.717, 1.165) is 6.07 Å². The number of halogens is 7. The number of hydrogen-bond donors (Lipinski definition) is 0. The van der Waals surface area contributed by atoms with Crippen LogP contribution >= 0.6 is 23.9 Å². The number of alkyl halides is 6. The van der Waals surface area contributed by atoms with Gasteiger partial charge in [-0.1, -0.05) is 0 Å². The Kier molecular flexibility index (Phi) is 5.91. The number of likely N-dealkylation sites (tertiary alicyclic amines) is 1. The first-order chi connectivity index (χ1) is 9.16. The fourth-order valence-electron chi connectivity index (χ4n) is 2.22. The van der Waals surface area contributed by atoms with Crippen molar-refractivity contribution < 1.29 is 26.3 Å². The number of nitrogens with zero attached hydrogens (tertiary/aromatic N) is 2. The maximum absolute atomic E-state index is 12.6. The molecular formula is C11H13ClF6N2S. The summed E-state index contributed by atoms with van der Waals surface area (Å²) in [5.41, 5.74) is 0.171. The van der Waals surface area contributed by atoms with Gasteiger partial charge in [-0.25, -0.2) is 0 Å². The third-order valence-electron chi connectivity index (χ3n) is 3.19. The molecule has 1 aromatic rings. The van der Waals surface area contributed by atoms with Gasteiger partial charge in [0.25, 0.3) is 0 Å². The number of aromatic nitrogens is 1. The van der Waals surface area contributed by atoms with Crippen LogP contribution < -0.4 is 0 Å². The lowest BCUT2D eigenvalue weighted by molar-refractivity contribution is -0.187. The van der Waals surface area contributed by atoms with Crippen molar-refractivity contribution in [1.29, 1.82) is 0 Å². The van der Waals surface area contributed by atoms with Gasteiger partial charge in [-0.05, 0) is 37.0 Å². The van der Waals surface area contributed by atoms with Crippen molar-refractivity contribution in [2.45, 2.75) is 31.7 Å². The van der Waals surface area contributed by atoms with E-state index >= 15 is 0 Å². The number of hydrogen-bond acceptors (Lipinski definition) is 3. The van der Waals surface area contributed by atoms with E-state index in [1.54, 1.807) is 0 Å². The Balaban J connectivity index is 0.00000220. The second-order valence-corrected chi connectivity index (χ2v) is 5.60. The third kappa shape index (κ3) is 5.00. The topological polar surface area (TPSA) is 16.1 Å². The van der Waals surface area contributed by atoms with Crippen LogP contribution in [-0.2, 0) is 12.7 Å². The molecule has 10 heteroatoms. The van der Waals surface area contributed by atoms with Gasteiger partial charge in [0.15, 0.2) is 0 Å². The minimum atomic E-state index is -4.45. The first-order valence-corrected chi connectivity index (χ1v) is 6.75. The molecule has 2 rings (SSSR count). The molecule has 0 aromatic carbocycles. The highest BCUT2D eigenvalue weighted by atomic mass is 35.5. The summed E-state index contributed by atoms with van der Waals surface area (Å²) < 4.78 is 78.8. The minimum Gasteiger partial charge on any atom is -0.297 e. The standard InChI is InChI=1S/C11H12F6N2S.ClH/c12-10(13,14)7-2-1-3-19(5-7)6-8-4-9(20-18-8)11(15,16)17;/h4,7H,1-3,5-6H2;1H. The summed E-state index contributed by atoms with van der Waals surface area (Å²) in [7, 11) is 0. The van der Waals surface area contributed by atoms with Crippen LogP contribution in [0.1, 0.15) is 23.4 Å². The summed E-state index contributed by atoms with van der Waals surface area (Å²) in [6.07, 6.45) is -8.24. The Morgan fingerprint density at radius 3 is 2.43 bits per heavy atom. The fourth-order valence-corrected chi connectivity index (χ4v) is 2.83. The Labute approximate surface area is 127 Å². The Morgan fingerprint density at radius 2 is 1.90 bits per heavy atom. The third-order valence-corrected chi connectivity index (χ3v) is 4.06. The lowest BCUT2D eigenvalue weighted by Crippen LogP contribution is -2.41. The van der Waals surface area contributed by atoms with Gasteiger partial charge in [-0.3, -0.25) is 4.90 Å². The monoisotopic (exact) mass is 354 g/mol. The van der Waals surface area contributed by atoms with Gasteiger partial charge in [0.05, 0.1) is 11.6 Å². The highest BCUT2D eigenvalue weighted by molar-refractivity contribution is 7.05. The molecule has 1 aliphatic heterocycles. The maximum atomic E-state index is 12.6. The zero-order valence-electron chi connectivity index (χ0n) is 10.7. The molecule has 1 aromatic heterocycles. The zero-order valence-corrected chi connectivity index (χ0v) is 12.3. The largest absolute Gasteiger partial charge is 0.427 e. The predicted octanol–water partition coefficient (Wildman–Crippen LogP) is 4.36. The lowest BCUT2D eigenvalue weighted by atomic mass is 9.97. The average Bonchev–Trinajstić information content (AvgIpc) is 2.76. The van der Waals surface area contributed by atoms with Crippen molar-refractivity contribution in [2.75, 3.05) is 13.1 Å². The van der Waals surface area contributed by atoms with Gasteiger partial charge >= 0.3 is 12.4 Å². The van der Waals surface area contributed by atoms with Crippen molar-refractivity contribution in [3.8, 4) is 0 Å². The van der Waals surface area contributed by atoms with E-state index in [4.69, 9.17) is 0 Å². The summed E-state index contributed by atoms with van der Waals surface area (Å²) in [5, 5.41) is 0. The molecule has 1 aliphatic rings. The van der Waals surface area contributed by atoms with Gasteiger partial charge < -0.3 is 0 Å². The van der Waals surface area contributed by atoms with Crippen molar-refractivity contribution in [2.24, 2.45) is 5.92 Å². The molecule has 0 N–H and O–H groups in total. The maximum Gasteiger partial charge on any atom is 0.427 e. The average molecular weight is 355 g/mol. The highest BCUT2D eigenvalue weighted by Gasteiger charge is 2.42. The normalized spacial score (nSPS) is 21.1. The van der Waals surface area contributed by atoms with Gasteiger partial charge in [-0.2, -0.15) is 30.7 Å². The van der Waals surface area contributed by atoms with Crippen LogP contribution in [0.25, 0.3) is 0 Å². The quantitative estimate of drug-likeness (QED) is 0.734. The van der Waals surface area contributed by atoms with Crippen LogP contribution in [0.4, 0.5) is 26.3 Å². The van der Waals surface area contributed by atoms with Gasteiger partial charge in [0.1, 0.15) is 4.88 Å². The molecule has 1 fully saturated rings. The minimum absolute atomic E-state index is 0. The molecule has 0 spiro atoms. The molecule has 0 aliphatic carbocycles. The first-order valence-electron chi connectivity index (χ1n) is 5.98. The molecule has 1 saturated heterocycles. The number of rotatable bonds is 2. The summed E-state index contributed by atoms with van der Waals surface area (Å²) in [6.45, 7) is 0.299. The summed E-state index contributed by atoms with van der Waals surface area (Å²) in [6, 6.07) is 0.905. The van der Waals surface area contributed by atoms with Gasteiger partial charge in [-0.15, -0.1) is 12.4 Å². The highest BCUT2D eigenvalue weighted by Crippen LogP contribution is 2.35. The van der Waals surface area contributed by atoms with E-state index in [9.17, 15) is 26.3 Å². The van der Waals surface area contributed by atoms with Crippen LogP contribution in [0.15, 0.2) is 6.07 Å². The second kappa shape index (κ2) is 6.70. The van der Waals surface area contributed by atoms with E-state index < -0.39 is 23.1 Å². The van der Waals surface area contributed by atoms with E-state index in [1.165, 1.54) is 4.90 Å². The molecule has 122 valence electrons. The van der Waals surface area contributed by atoms with E-state index in [2.05, 4.69) is 4.37 Å². The van der Waals surface area contributed by atoms with Crippen LogP contribution in [0.5, 0.6) is 0 Å². The van der Waals surface area contributed by atoms with Crippen molar-refractivity contribution >= 4 is 23.9 Å². The van der Waals surface area contributed by atoms with Crippen molar-refractivity contribution in [3.63, 3.8) is 0 Å². The van der Waals surface area contributed by atoms with Crippen molar-refractivity contribution in [3.05, 3.63) is 16.6 Å². The van der Waals surface area contributed by atoms with Crippen LogP contribution in [0.2, 0.25) is 0 Å². The predicted molar refractivity (Wildman–Crippen MR) is 68.4 cm³/mol. The Hall–Kier alpha value is -0.540. The lowest BCUT2D eigenvalue weighted by Gasteiger charge is -2.33. The zero-order chi connectivity index (χ0) is 15.0. The second-order valence-electron chi connectivity index (χ2n) is 4.80. The number of piperidine rings is 1. The van der Waals surface area contributed by atoms with E-state index in [-0.39, 0.29) is 37.6 Å².